The third-order valence-electron chi connectivity index (χ3n) is 3.19. The van der Waals surface area contributed by atoms with Gasteiger partial charge in [0.25, 0.3) is 0 Å². The molecule has 0 amide bonds. The topological polar surface area (TPSA) is 35.2 Å². The highest BCUT2D eigenvalue weighted by atomic mass is 16.5. The van der Waals surface area contributed by atoms with E-state index in [1.807, 2.05) is 30.3 Å². The minimum absolute atomic E-state index is 0.0833. The first-order valence-corrected chi connectivity index (χ1v) is 5.99. The molecule has 0 aromatic heterocycles. The van der Waals surface area contributed by atoms with Gasteiger partial charge in [-0.25, -0.2) is 0 Å². The Bertz CT molecular complexity index is 293. The fourth-order valence-electron chi connectivity index (χ4n) is 1.45. The van der Waals surface area contributed by atoms with E-state index in [1.165, 1.54) is 0 Å². The molecule has 0 bridgehead atoms. The van der Waals surface area contributed by atoms with Crippen molar-refractivity contribution in [1.29, 1.82) is 0 Å². The summed E-state index contributed by atoms with van der Waals surface area (Å²) >= 11 is 0. The van der Waals surface area contributed by atoms with Crippen LogP contribution in [0.4, 0.5) is 0 Å². The van der Waals surface area contributed by atoms with Gasteiger partial charge < -0.3 is 10.5 Å². The highest BCUT2D eigenvalue weighted by Gasteiger charge is 2.21. The number of nitrogens with two attached hydrogens (primary N) is 1. The van der Waals surface area contributed by atoms with Gasteiger partial charge in [-0.3, -0.25) is 0 Å². The molecule has 0 aliphatic carbocycles. The second-order valence-corrected chi connectivity index (χ2v) is 4.93. The van der Waals surface area contributed by atoms with E-state index in [9.17, 15) is 0 Å². The van der Waals surface area contributed by atoms with Crippen LogP contribution in [0.25, 0.3) is 0 Å². The number of rotatable bonds is 6. The molecule has 1 atom stereocenters. The third kappa shape index (κ3) is 4.23. The fraction of sp³-hybridized carbons (Fsp3) is 0.571. The zero-order chi connectivity index (χ0) is 12.0. The lowest BCUT2D eigenvalue weighted by Gasteiger charge is -2.29. The predicted molar refractivity (Wildman–Crippen MR) is 68.6 cm³/mol. The Kier molecular flexibility index (Phi) is 4.81. The number of para-hydroxylation sites is 1. The summed E-state index contributed by atoms with van der Waals surface area (Å²) in [5.41, 5.74) is 6.10. The maximum atomic E-state index is 6.18. The van der Waals surface area contributed by atoms with E-state index < -0.39 is 0 Å². The van der Waals surface area contributed by atoms with E-state index in [0.29, 0.717) is 5.92 Å². The summed E-state index contributed by atoms with van der Waals surface area (Å²) in [7, 11) is 0. The Morgan fingerprint density at radius 1 is 1.25 bits per heavy atom. The van der Waals surface area contributed by atoms with Gasteiger partial charge in [0.05, 0.1) is 6.61 Å². The highest BCUT2D eigenvalue weighted by molar-refractivity contribution is 5.20. The molecule has 1 unspecified atom stereocenters. The van der Waals surface area contributed by atoms with E-state index >= 15 is 0 Å². The number of hydrogen-bond donors (Lipinski definition) is 1. The highest BCUT2D eigenvalue weighted by Crippen LogP contribution is 2.19. The van der Waals surface area contributed by atoms with E-state index in [1.54, 1.807) is 0 Å². The van der Waals surface area contributed by atoms with Gasteiger partial charge in [-0.1, -0.05) is 32.0 Å². The predicted octanol–water partition coefficient (Wildman–Crippen LogP) is 3.22. The van der Waals surface area contributed by atoms with Crippen molar-refractivity contribution in [1.82, 2.24) is 0 Å². The second kappa shape index (κ2) is 5.90. The Balaban J connectivity index is 2.22. The Labute approximate surface area is 98.8 Å². The summed E-state index contributed by atoms with van der Waals surface area (Å²) in [5.74, 6) is 1.44. The van der Waals surface area contributed by atoms with Crippen LogP contribution < -0.4 is 10.5 Å². The Morgan fingerprint density at radius 3 is 2.44 bits per heavy atom. The molecular formula is C14H23NO. The molecule has 0 aliphatic heterocycles. The van der Waals surface area contributed by atoms with Crippen LogP contribution >= 0.6 is 0 Å². The first kappa shape index (κ1) is 13.0. The minimum Gasteiger partial charge on any atom is -0.494 e. The first-order chi connectivity index (χ1) is 7.52. The van der Waals surface area contributed by atoms with Crippen molar-refractivity contribution < 1.29 is 4.74 Å². The molecule has 0 saturated carbocycles. The van der Waals surface area contributed by atoms with Crippen molar-refractivity contribution in [2.75, 3.05) is 6.61 Å². The molecule has 1 aromatic carbocycles. The van der Waals surface area contributed by atoms with Crippen LogP contribution in [-0.4, -0.2) is 12.1 Å². The number of ether oxygens (including phenoxy) is 1. The van der Waals surface area contributed by atoms with E-state index in [-0.39, 0.29) is 5.54 Å². The molecule has 2 nitrogen and oxygen atoms in total. The van der Waals surface area contributed by atoms with Crippen molar-refractivity contribution in [2.24, 2.45) is 11.7 Å². The zero-order valence-electron chi connectivity index (χ0n) is 10.6. The maximum absolute atomic E-state index is 6.18. The minimum atomic E-state index is -0.0833. The average Bonchev–Trinajstić information content (AvgIpc) is 2.26. The van der Waals surface area contributed by atoms with Crippen LogP contribution in [0, 0.1) is 5.92 Å². The second-order valence-electron chi connectivity index (χ2n) is 4.93. The van der Waals surface area contributed by atoms with Crippen LogP contribution in [-0.2, 0) is 0 Å². The van der Waals surface area contributed by atoms with Crippen LogP contribution in [0.5, 0.6) is 5.75 Å². The molecule has 16 heavy (non-hydrogen) atoms. The van der Waals surface area contributed by atoms with Crippen molar-refractivity contribution in [3.8, 4) is 5.75 Å². The smallest absolute Gasteiger partial charge is 0.119 e. The van der Waals surface area contributed by atoms with Crippen molar-refractivity contribution in [3.63, 3.8) is 0 Å². The molecule has 90 valence electrons. The van der Waals surface area contributed by atoms with Gasteiger partial charge >= 0.3 is 0 Å². The maximum Gasteiger partial charge on any atom is 0.119 e. The van der Waals surface area contributed by atoms with E-state index in [0.717, 1.165) is 25.2 Å². The van der Waals surface area contributed by atoms with Gasteiger partial charge in [-0.15, -0.1) is 0 Å². The average molecular weight is 221 g/mol. The fourth-order valence-corrected chi connectivity index (χ4v) is 1.45. The van der Waals surface area contributed by atoms with Crippen molar-refractivity contribution in [3.05, 3.63) is 30.3 Å². The molecule has 0 radical (unpaired) electrons. The van der Waals surface area contributed by atoms with Gasteiger partial charge in [-0.2, -0.15) is 0 Å². The molecule has 1 aromatic rings. The normalized spacial score (nSPS) is 14.8. The Hall–Kier alpha value is -1.02. The van der Waals surface area contributed by atoms with Crippen molar-refractivity contribution >= 4 is 0 Å². The van der Waals surface area contributed by atoms with Crippen LogP contribution in [0.1, 0.15) is 33.6 Å². The lowest BCUT2D eigenvalue weighted by Crippen LogP contribution is -2.41. The molecule has 0 spiro atoms. The van der Waals surface area contributed by atoms with Crippen LogP contribution in [0.2, 0.25) is 0 Å². The summed E-state index contributed by atoms with van der Waals surface area (Å²) in [6.07, 6.45) is 2.00. The lowest BCUT2D eigenvalue weighted by molar-refractivity contribution is 0.256. The van der Waals surface area contributed by atoms with Gasteiger partial charge in [0, 0.05) is 5.54 Å². The third-order valence-corrected chi connectivity index (χ3v) is 3.19. The largest absolute Gasteiger partial charge is 0.494 e. The number of benzene rings is 1. The Morgan fingerprint density at radius 2 is 1.88 bits per heavy atom. The molecule has 0 heterocycles. The van der Waals surface area contributed by atoms with E-state index in [2.05, 4.69) is 20.8 Å². The molecular weight excluding hydrogens is 198 g/mol. The van der Waals surface area contributed by atoms with Crippen molar-refractivity contribution in [2.45, 2.75) is 39.2 Å². The van der Waals surface area contributed by atoms with Crippen LogP contribution in [0.15, 0.2) is 30.3 Å². The molecule has 1 rings (SSSR count). The SMILES string of the molecule is CC(C)C(C)(N)CCCOc1ccccc1. The number of hydrogen-bond acceptors (Lipinski definition) is 2. The molecule has 2 heteroatoms. The van der Waals surface area contributed by atoms with Crippen LogP contribution in [0.3, 0.4) is 0 Å². The summed E-state index contributed by atoms with van der Waals surface area (Å²) in [6, 6.07) is 9.91. The summed E-state index contributed by atoms with van der Waals surface area (Å²) < 4.78 is 5.63. The van der Waals surface area contributed by atoms with Gasteiger partial charge in [0.15, 0.2) is 0 Å². The molecule has 0 saturated heterocycles. The molecule has 2 N–H and O–H groups in total. The monoisotopic (exact) mass is 221 g/mol. The summed E-state index contributed by atoms with van der Waals surface area (Å²) in [6.45, 7) is 7.18. The summed E-state index contributed by atoms with van der Waals surface area (Å²) in [5, 5.41) is 0. The standard InChI is InChI=1S/C14H23NO/c1-12(2)14(3,15)10-7-11-16-13-8-5-4-6-9-13/h4-6,8-9,12H,7,10-11,15H2,1-3H3. The van der Waals surface area contributed by atoms with Gasteiger partial charge in [0.1, 0.15) is 5.75 Å². The quantitative estimate of drug-likeness (QED) is 0.749. The van der Waals surface area contributed by atoms with Gasteiger partial charge in [-0.05, 0) is 37.8 Å². The van der Waals surface area contributed by atoms with Gasteiger partial charge in [0.2, 0.25) is 0 Å². The lowest BCUT2D eigenvalue weighted by atomic mass is 9.85. The van der Waals surface area contributed by atoms with E-state index in [4.69, 9.17) is 10.5 Å². The first-order valence-electron chi connectivity index (χ1n) is 5.99. The molecule has 0 fully saturated rings. The summed E-state index contributed by atoms with van der Waals surface area (Å²) in [4.78, 5) is 0. The zero-order valence-corrected chi connectivity index (χ0v) is 10.6. The molecule has 0 aliphatic rings.